The van der Waals surface area contributed by atoms with Gasteiger partial charge in [0.15, 0.2) is 0 Å². The molecule has 3 aromatic rings. The van der Waals surface area contributed by atoms with Gasteiger partial charge in [-0.2, -0.15) is 0 Å². The quantitative estimate of drug-likeness (QED) is 0.626. The van der Waals surface area contributed by atoms with E-state index in [2.05, 4.69) is 20.6 Å². The molecule has 0 spiro atoms. The smallest absolute Gasteiger partial charge is 0.257 e. The second-order valence-corrected chi connectivity index (χ2v) is 6.65. The zero-order valence-corrected chi connectivity index (χ0v) is 17.0. The van der Waals surface area contributed by atoms with Gasteiger partial charge in [-0.15, -0.1) is 0 Å². The van der Waals surface area contributed by atoms with Gasteiger partial charge < -0.3 is 20.3 Å². The maximum absolute atomic E-state index is 13.0. The highest BCUT2D eigenvalue weighted by atomic mass is 16.5. The first-order chi connectivity index (χ1) is 14.5. The molecular formula is C22H23N5O3. The highest BCUT2D eigenvalue weighted by molar-refractivity contribution is 6.02. The second-order valence-electron chi connectivity index (χ2n) is 6.65. The van der Waals surface area contributed by atoms with E-state index in [9.17, 15) is 9.59 Å². The Morgan fingerprint density at radius 2 is 1.87 bits per heavy atom. The van der Waals surface area contributed by atoms with Crippen molar-refractivity contribution in [1.82, 2.24) is 14.9 Å². The van der Waals surface area contributed by atoms with E-state index in [-0.39, 0.29) is 18.4 Å². The van der Waals surface area contributed by atoms with Crippen molar-refractivity contribution in [3.63, 3.8) is 0 Å². The number of para-hydroxylation sites is 2. The van der Waals surface area contributed by atoms with E-state index in [4.69, 9.17) is 4.74 Å². The molecule has 8 nitrogen and oxygen atoms in total. The number of nitrogens with zero attached hydrogens (tertiary/aromatic N) is 3. The second kappa shape index (κ2) is 9.51. The van der Waals surface area contributed by atoms with Crippen LogP contribution in [0.3, 0.4) is 0 Å². The number of carbonyl (C=O) groups is 2. The van der Waals surface area contributed by atoms with Crippen molar-refractivity contribution >= 4 is 29.1 Å². The van der Waals surface area contributed by atoms with Crippen LogP contribution >= 0.6 is 0 Å². The van der Waals surface area contributed by atoms with Crippen LogP contribution in [0.1, 0.15) is 15.9 Å². The Hall–Kier alpha value is -3.94. The third-order valence-electron chi connectivity index (χ3n) is 4.31. The topological polar surface area (TPSA) is 96.5 Å². The first-order valence-corrected chi connectivity index (χ1v) is 9.31. The molecule has 0 saturated heterocycles. The molecule has 30 heavy (non-hydrogen) atoms. The predicted molar refractivity (Wildman–Crippen MR) is 115 cm³/mol. The molecule has 0 fully saturated rings. The Kier molecular flexibility index (Phi) is 6.59. The highest BCUT2D eigenvalue weighted by Gasteiger charge is 2.20. The number of aromatic nitrogens is 2. The number of anilines is 3. The number of likely N-dealkylation sites (N-methyl/N-ethyl adjacent to an activating group) is 1. The van der Waals surface area contributed by atoms with Crippen molar-refractivity contribution in [2.45, 2.75) is 6.92 Å². The molecule has 0 aliphatic carbocycles. The van der Waals surface area contributed by atoms with Gasteiger partial charge in [0.05, 0.1) is 24.9 Å². The molecule has 2 N–H and O–H groups in total. The fraction of sp³-hybridized carbons (Fsp3) is 0.182. The average Bonchev–Trinajstić information content (AvgIpc) is 2.74. The number of ether oxygens (including phenoxy) is 1. The summed E-state index contributed by atoms with van der Waals surface area (Å²) in [6.07, 6.45) is 3.20. The Labute approximate surface area is 174 Å². The molecule has 3 rings (SSSR count). The fourth-order valence-electron chi connectivity index (χ4n) is 2.83. The number of pyridine rings is 2. The standard InChI is InChI=1S/C22H23N5O3/c1-15-10-12-23-19(13-15)26-20(28)14-27(2)22(29)16-7-6-11-24-21(16)25-17-8-4-5-9-18(17)30-3/h4-13H,14H2,1-3H3,(H,24,25)(H,23,26,28). The van der Waals surface area contributed by atoms with Gasteiger partial charge in [-0.05, 0) is 48.9 Å². The lowest BCUT2D eigenvalue weighted by molar-refractivity contribution is -0.116. The van der Waals surface area contributed by atoms with Gasteiger partial charge in [0.1, 0.15) is 17.4 Å². The third kappa shape index (κ3) is 5.11. The Morgan fingerprint density at radius 1 is 1.07 bits per heavy atom. The van der Waals surface area contributed by atoms with E-state index in [0.717, 1.165) is 5.56 Å². The number of aryl methyl sites for hydroxylation is 1. The summed E-state index contributed by atoms with van der Waals surface area (Å²) in [5.74, 6) is 0.764. The van der Waals surface area contributed by atoms with E-state index in [1.807, 2.05) is 37.3 Å². The summed E-state index contributed by atoms with van der Waals surface area (Å²) in [4.78, 5) is 35.0. The van der Waals surface area contributed by atoms with Crippen LogP contribution in [0.2, 0.25) is 0 Å². The maximum Gasteiger partial charge on any atom is 0.257 e. The lowest BCUT2D eigenvalue weighted by Gasteiger charge is -2.19. The molecule has 1 aromatic carbocycles. The van der Waals surface area contributed by atoms with Crippen molar-refractivity contribution in [3.05, 3.63) is 72.1 Å². The molecule has 0 radical (unpaired) electrons. The monoisotopic (exact) mass is 405 g/mol. The summed E-state index contributed by atoms with van der Waals surface area (Å²) in [5.41, 5.74) is 2.00. The minimum absolute atomic E-state index is 0.128. The SMILES string of the molecule is COc1ccccc1Nc1ncccc1C(=O)N(C)CC(=O)Nc1cc(C)ccn1. The zero-order valence-electron chi connectivity index (χ0n) is 17.0. The number of carbonyl (C=O) groups excluding carboxylic acids is 2. The average molecular weight is 405 g/mol. The molecule has 154 valence electrons. The number of hydrogen-bond acceptors (Lipinski definition) is 6. The Balaban J connectivity index is 1.72. The lowest BCUT2D eigenvalue weighted by Crippen LogP contribution is -2.35. The summed E-state index contributed by atoms with van der Waals surface area (Å²) in [7, 11) is 3.13. The largest absolute Gasteiger partial charge is 0.495 e. The molecule has 0 aliphatic rings. The van der Waals surface area contributed by atoms with Crippen LogP contribution < -0.4 is 15.4 Å². The highest BCUT2D eigenvalue weighted by Crippen LogP contribution is 2.27. The van der Waals surface area contributed by atoms with Crippen LogP contribution in [-0.2, 0) is 4.79 Å². The minimum Gasteiger partial charge on any atom is -0.495 e. The first kappa shape index (κ1) is 20.8. The van der Waals surface area contributed by atoms with Crippen LogP contribution in [0.4, 0.5) is 17.3 Å². The van der Waals surface area contributed by atoms with E-state index in [1.54, 1.807) is 44.8 Å². The number of methoxy groups -OCH3 is 1. The number of benzene rings is 1. The zero-order chi connectivity index (χ0) is 21.5. The van der Waals surface area contributed by atoms with Crippen molar-refractivity contribution in [2.24, 2.45) is 0 Å². The Bertz CT molecular complexity index is 1050. The van der Waals surface area contributed by atoms with Crippen LogP contribution in [0.5, 0.6) is 5.75 Å². The number of amides is 2. The molecule has 0 unspecified atom stereocenters. The summed E-state index contributed by atoms with van der Waals surface area (Å²) in [6.45, 7) is 1.78. The van der Waals surface area contributed by atoms with Gasteiger partial charge in [-0.3, -0.25) is 9.59 Å². The molecule has 2 aromatic heterocycles. The van der Waals surface area contributed by atoms with E-state index in [1.165, 1.54) is 4.90 Å². The fourth-order valence-corrected chi connectivity index (χ4v) is 2.83. The summed E-state index contributed by atoms with van der Waals surface area (Å²) in [5, 5.41) is 5.83. The number of rotatable bonds is 7. The van der Waals surface area contributed by atoms with Gasteiger partial charge in [-0.25, -0.2) is 9.97 Å². The lowest BCUT2D eigenvalue weighted by atomic mass is 10.2. The van der Waals surface area contributed by atoms with Gasteiger partial charge in [0.2, 0.25) is 5.91 Å². The molecular weight excluding hydrogens is 382 g/mol. The van der Waals surface area contributed by atoms with Gasteiger partial charge in [-0.1, -0.05) is 12.1 Å². The Morgan fingerprint density at radius 3 is 2.63 bits per heavy atom. The van der Waals surface area contributed by atoms with Crippen molar-refractivity contribution in [3.8, 4) is 5.75 Å². The molecule has 8 heteroatoms. The minimum atomic E-state index is -0.341. The molecule has 2 heterocycles. The van der Waals surface area contributed by atoms with Gasteiger partial charge >= 0.3 is 0 Å². The number of nitrogens with one attached hydrogen (secondary N) is 2. The van der Waals surface area contributed by atoms with E-state index >= 15 is 0 Å². The normalized spacial score (nSPS) is 10.2. The summed E-state index contributed by atoms with van der Waals surface area (Å²) in [6, 6.07) is 14.3. The third-order valence-corrected chi connectivity index (χ3v) is 4.31. The molecule has 0 bridgehead atoms. The van der Waals surface area contributed by atoms with Crippen LogP contribution in [0, 0.1) is 6.92 Å². The van der Waals surface area contributed by atoms with Crippen molar-refractivity contribution < 1.29 is 14.3 Å². The van der Waals surface area contributed by atoms with Gasteiger partial charge in [0.25, 0.3) is 5.91 Å². The van der Waals surface area contributed by atoms with Crippen LogP contribution in [-0.4, -0.2) is 47.4 Å². The van der Waals surface area contributed by atoms with Crippen LogP contribution in [0.15, 0.2) is 60.9 Å². The molecule has 0 atom stereocenters. The van der Waals surface area contributed by atoms with Crippen molar-refractivity contribution in [1.29, 1.82) is 0 Å². The van der Waals surface area contributed by atoms with Crippen LogP contribution in [0.25, 0.3) is 0 Å². The first-order valence-electron chi connectivity index (χ1n) is 9.31. The maximum atomic E-state index is 13.0. The summed E-state index contributed by atoms with van der Waals surface area (Å²) >= 11 is 0. The number of hydrogen-bond donors (Lipinski definition) is 2. The van der Waals surface area contributed by atoms with E-state index < -0.39 is 0 Å². The molecule has 0 saturated carbocycles. The predicted octanol–water partition coefficient (Wildman–Crippen LogP) is 3.25. The molecule has 0 aliphatic heterocycles. The molecule has 2 amide bonds. The van der Waals surface area contributed by atoms with Gasteiger partial charge in [0, 0.05) is 19.4 Å². The summed E-state index contributed by atoms with van der Waals surface area (Å²) < 4.78 is 5.34. The van der Waals surface area contributed by atoms with Crippen molar-refractivity contribution in [2.75, 3.05) is 31.3 Å². The van der Waals surface area contributed by atoms with E-state index in [0.29, 0.717) is 28.6 Å².